The molecule has 0 radical (unpaired) electrons. The van der Waals surface area contributed by atoms with Crippen LogP contribution in [0.25, 0.3) is 0 Å². The van der Waals surface area contributed by atoms with E-state index in [-0.39, 0.29) is 54.6 Å². The van der Waals surface area contributed by atoms with Crippen LogP contribution in [0.15, 0.2) is 11.6 Å². The fourth-order valence-corrected chi connectivity index (χ4v) is 8.50. The van der Waals surface area contributed by atoms with Gasteiger partial charge in [-0.15, -0.1) is 5.06 Å². The summed E-state index contributed by atoms with van der Waals surface area (Å²) in [5, 5.41) is 23.6. The van der Waals surface area contributed by atoms with E-state index in [9.17, 15) is 39.0 Å². The summed E-state index contributed by atoms with van der Waals surface area (Å²) in [4.78, 5) is 77.4. The number of hydrogen-bond donors (Lipinski definition) is 2. The van der Waals surface area contributed by atoms with Gasteiger partial charge in [0.25, 0.3) is 11.8 Å². The van der Waals surface area contributed by atoms with Gasteiger partial charge in [-0.2, -0.15) is 0 Å². The van der Waals surface area contributed by atoms with E-state index in [1.165, 1.54) is 0 Å². The molecule has 1 heterocycles. The van der Waals surface area contributed by atoms with Crippen molar-refractivity contribution in [3.63, 3.8) is 0 Å². The number of fused-ring (bicyclic) bond motifs is 5. The fourth-order valence-electron chi connectivity index (χ4n) is 8.50. The standard InChI is InChI=1S/C29H37NO10/c1-27-11-9-17(31)13-16(27)3-4-18-19-10-12-29(38,28(19,2)14-20(32)26(18)27)21(33)15-39-24(36)7-8-25(37)40-30-22(34)5-6-23(30)35/h13,18-20,26,32,38H,3-12,14-15H2,1-2H3/t18-,19+,20+,26+,27+,28+,29+/m1/s1. The second-order valence-corrected chi connectivity index (χ2v) is 12.6. The third kappa shape index (κ3) is 4.51. The Kier molecular flexibility index (Phi) is 7.27. The summed E-state index contributed by atoms with van der Waals surface area (Å²) in [5.41, 5.74) is -1.86. The van der Waals surface area contributed by atoms with Gasteiger partial charge in [0.2, 0.25) is 5.78 Å². The number of ketones is 2. The minimum Gasteiger partial charge on any atom is -0.458 e. The number of esters is 1. The van der Waals surface area contributed by atoms with Gasteiger partial charge in [0.1, 0.15) is 5.60 Å². The first-order valence-corrected chi connectivity index (χ1v) is 14.2. The summed E-state index contributed by atoms with van der Waals surface area (Å²) >= 11 is 0. The molecule has 5 aliphatic rings. The first-order chi connectivity index (χ1) is 18.8. The Morgan fingerprint density at radius 2 is 1.65 bits per heavy atom. The predicted molar refractivity (Wildman–Crippen MR) is 135 cm³/mol. The van der Waals surface area contributed by atoms with Crippen LogP contribution < -0.4 is 0 Å². The fraction of sp³-hybridized carbons (Fsp3) is 0.724. The molecule has 0 unspecified atom stereocenters. The van der Waals surface area contributed by atoms with Crippen LogP contribution in [0.2, 0.25) is 0 Å². The van der Waals surface area contributed by atoms with Gasteiger partial charge in [0.15, 0.2) is 12.4 Å². The molecule has 4 fully saturated rings. The normalized spacial score (nSPS) is 38.8. The maximum atomic E-state index is 13.3. The zero-order valence-electron chi connectivity index (χ0n) is 23.0. The van der Waals surface area contributed by atoms with Gasteiger partial charge in [0.05, 0.1) is 18.9 Å². The molecule has 0 aromatic rings. The van der Waals surface area contributed by atoms with Crippen molar-refractivity contribution in [2.75, 3.05) is 6.61 Å². The molecule has 4 aliphatic carbocycles. The van der Waals surface area contributed by atoms with Gasteiger partial charge < -0.3 is 19.8 Å². The molecule has 2 N–H and O–H groups in total. The van der Waals surface area contributed by atoms with Crippen molar-refractivity contribution >= 4 is 35.3 Å². The van der Waals surface area contributed by atoms with Gasteiger partial charge in [-0.3, -0.25) is 24.0 Å². The van der Waals surface area contributed by atoms with E-state index in [1.54, 1.807) is 6.08 Å². The molecule has 2 amide bonds. The predicted octanol–water partition coefficient (Wildman–Crippen LogP) is 1.72. The highest BCUT2D eigenvalue weighted by Crippen LogP contribution is 2.67. The molecule has 0 aromatic heterocycles. The molecule has 1 saturated heterocycles. The highest BCUT2D eigenvalue weighted by Gasteiger charge is 2.68. The lowest BCUT2D eigenvalue weighted by Crippen LogP contribution is -2.62. The van der Waals surface area contributed by atoms with Crippen molar-refractivity contribution < 1.29 is 48.6 Å². The number of hydrogen-bond acceptors (Lipinski definition) is 10. The van der Waals surface area contributed by atoms with Crippen molar-refractivity contribution in [1.82, 2.24) is 5.06 Å². The Hall–Kier alpha value is -2.92. The number of aliphatic hydroxyl groups is 2. The molecule has 0 spiro atoms. The molecule has 11 nitrogen and oxygen atoms in total. The van der Waals surface area contributed by atoms with Crippen LogP contribution in [0.4, 0.5) is 0 Å². The molecule has 218 valence electrons. The Morgan fingerprint density at radius 3 is 2.35 bits per heavy atom. The second kappa shape index (κ2) is 10.2. The summed E-state index contributed by atoms with van der Waals surface area (Å²) in [6, 6.07) is 0. The Morgan fingerprint density at radius 1 is 0.975 bits per heavy atom. The largest absolute Gasteiger partial charge is 0.458 e. The number of nitrogens with zero attached hydrogens (tertiary/aromatic N) is 1. The average Bonchev–Trinajstić information content (AvgIpc) is 3.36. The number of amides is 2. The zero-order valence-corrected chi connectivity index (χ0v) is 23.0. The van der Waals surface area contributed by atoms with E-state index < -0.39 is 66.1 Å². The van der Waals surface area contributed by atoms with Gasteiger partial charge in [0, 0.05) is 24.7 Å². The first kappa shape index (κ1) is 28.6. The minimum atomic E-state index is -1.78. The number of hydroxylamine groups is 2. The van der Waals surface area contributed by atoms with E-state index in [2.05, 4.69) is 6.92 Å². The lowest BCUT2D eigenvalue weighted by atomic mass is 9.45. The van der Waals surface area contributed by atoms with E-state index in [0.717, 1.165) is 18.4 Å². The molecule has 7 atom stereocenters. The van der Waals surface area contributed by atoms with Crippen molar-refractivity contribution in [2.45, 2.75) is 96.2 Å². The summed E-state index contributed by atoms with van der Waals surface area (Å²) < 4.78 is 5.09. The lowest BCUT2D eigenvalue weighted by Gasteiger charge is -2.60. The maximum absolute atomic E-state index is 13.3. The number of imide groups is 1. The van der Waals surface area contributed by atoms with E-state index in [4.69, 9.17) is 9.57 Å². The third-order valence-corrected chi connectivity index (χ3v) is 10.6. The molecule has 0 aromatic carbocycles. The number of allylic oxidation sites excluding steroid dienone is 1. The molecular formula is C29H37NO10. The molecule has 3 saturated carbocycles. The molecule has 5 rings (SSSR count). The minimum absolute atomic E-state index is 0.00710. The highest BCUT2D eigenvalue weighted by molar-refractivity contribution is 6.01. The van der Waals surface area contributed by atoms with Gasteiger partial charge in [-0.1, -0.05) is 19.4 Å². The Bertz CT molecular complexity index is 1180. The average molecular weight is 560 g/mol. The highest BCUT2D eigenvalue weighted by atomic mass is 16.7. The first-order valence-electron chi connectivity index (χ1n) is 14.2. The Labute approximate surface area is 232 Å². The molecular weight excluding hydrogens is 522 g/mol. The van der Waals surface area contributed by atoms with Crippen LogP contribution in [0, 0.1) is 28.6 Å². The Balaban J connectivity index is 1.20. The lowest BCUT2D eigenvalue weighted by molar-refractivity contribution is -0.197. The van der Waals surface area contributed by atoms with Gasteiger partial charge >= 0.3 is 11.9 Å². The van der Waals surface area contributed by atoms with Crippen molar-refractivity contribution in [1.29, 1.82) is 0 Å². The van der Waals surface area contributed by atoms with Crippen LogP contribution >= 0.6 is 0 Å². The van der Waals surface area contributed by atoms with Crippen molar-refractivity contribution in [3.8, 4) is 0 Å². The monoisotopic (exact) mass is 559 g/mol. The summed E-state index contributed by atoms with van der Waals surface area (Å²) in [6.45, 7) is 3.31. The maximum Gasteiger partial charge on any atom is 0.333 e. The van der Waals surface area contributed by atoms with E-state index in [0.29, 0.717) is 24.3 Å². The topological polar surface area (TPSA) is 165 Å². The number of carbonyl (C=O) groups is 6. The zero-order chi connectivity index (χ0) is 29.0. The molecule has 40 heavy (non-hydrogen) atoms. The smallest absolute Gasteiger partial charge is 0.333 e. The van der Waals surface area contributed by atoms with Crippen LogP contribution in [0.1, 0.15) is 84.5 Å². The van der Waals surface area contributed by atoms with Crippen LogP contribution in [-0.2, 0) is 38.3 Å². The summed E-state index contributed by atoms with van der Waals surface area (Å²) in [6.07, 6.45) is 3.74. The number of Topliss-reactive ketones (excluding diaryl/α,β-unsaturated/α-hetero) is 1. The number of ether oxygens (including phenoxy) is 1. The second-order valence-electron chi connectivity index (χ2n) is 12.6. The van der Waals surface area contributed by atoms with Crippen molar-refractivity contribution in [2.24, 2.45) is 28.6 Å². The number of rotatable bonds is 7. The van der Waals surface area contributed by atoms with Gasteiger partial charge in [-0.05, 0) is 67.8 Å². The SMILES string of the molecule is C[C@]12CCC(=O)C=C1CC[C@H]1[C@H]2[C@@H](O)C[C@@]2(C)[C@H]1CC[C@]2(O)C(=O)COC(=O)CCC(=O)ON1C(=O)CCC1=O. The van der Waals surface area contributed by atoms with Crippen LogP contribution in [0.5, 0.6) is 0 Å². The van der Waals surface area contributed by atoms with Gasteiger partial charge in [-0.25, -0.2) is 4.79 Å². The molecule has 0 bridgehead atoms. The molecule has 11 heteroatoms. The quantitative estimate of drug-likeness (QED) is 0.347. The summed E-state index contributed by atoms with van der Waals surface area (Å²) in [7, 11) is 0. The third-order valence-electron chi connectivity index (χ3n) is 10.6. The van der Waals surface area contributed by atoms with E-state index >= 15 is 0 Å². The number of carbonyl (C=O) groups excluding carboxylic acids is 6. The van der Waals surface area contributed by atoms with E-state index in [1.807, 2.05) is 6.92 Å². The molecule has 1 aliphatic heterocycles. The number of aliphatic hydroxyl groups excluding tert-OH is 1. The van der Waals surface area contributed by atoms with Crippen LogP contribution in [0.3, 0.4) is 0 Å². The van der Waals surface area contributed by atoms with Crippen molar-refractivity contribution in [3.05, 3.63) is 11.6 Å². The summed E-state index contributed by atoms with van der Waals surface area (Å²) in [5.74, 6) is -3.55. The van der Waals surface area contributed by atoms with Crippen LogP contribution in [-0.4, -0.2) is 68.9 Å².